The van der Waals surface area contributed by atoms with Gasteiger partial charge in [-0.25, -0.2) is 4.79 Å². The maximum Gasteiger partial charge on any atom is 0.408 e. The molecule has 7 nitrogen and oxygen atoms in total. The van der Waals surface area contributed by atoms with E-state index in [1.807, 2.05) is 36.6 Å². The molecular weight excluding hydrogens is 368 g/mol. The molecule has 0 spiro atoms. The second-order valence-corrected chi connectivity index (χ2v) is 7.72. The van der Waals surface area contributed by atoms with Gasteiger partial charge in [-0.3, -0.25) is 9.59 Å². The zero-order valence-electron chi connectivity index (χ0n) is 15.2. The summed E-state index contributed by atoms with van der Waals surface area (Å²) in [4.78, 5) is 36.6. The van der Waals surface area contributed by atoms with E-state index in [9.17, 15) is 14.4 Å². The Kier molecular flexibility index (Phi) is 6.60. The van der Waals surface area contributed by atoms with E-state index in [4.69, 9.17) is 9.47 Å². The van der Waals surface area contributed by atoms with Crippen LogP contribution in [0.1, 0.15) is 24.8 Å². The zero-order valence-corrected chi connectivity index (χ0v) is 16.0. The summed E-state index contributed by atoms with van der Waals surface area (Å²) >= 11 is 1.45. The standard InChI is InChI=1S/C19H24N2O5S/c1-27-11-16(21-19(24)25-10-12-5-3-2-4-6-12)17(22)20-15-8-7-13-9-14(15)18(23)26-13/h2-6,13-16H,7-11H2,1H3,(H,20,22)(H,21,24)/t13?,14-,15+,16+/m1/s1. The third-order valence-electron chi connectivity index (χ3n) is 4.87. The lowest BCUT2D eigenvalue weighted by Crippen LogP contribution is -2.53. The molecule has 2 N–H and O–H groups in total. The van der Waals surface area contributed by atoms with E-state index < -0.39 is 12.1 Å². The number of fused-ring (bicyclic) bond motifs is 2. The third-order valence-corrected chi connectivity index (χ3v) is 5.54. The zero-order chi connectivity index (χ0) is 19.2. The number of amides is 2. The SMILES string of the molecule is CSC[C@H](NC(=O)OCc1ccccc1)C(=O)N[C@H]1CCC2C[C@H]1C(=O)O2. The number of alkyl carbamates (subject to hydrolysis) is 1. The molecule has 1 aliphatic carbocycles. The summed E-state index contributed by atoms with van der Waals surface area (Å²) in [6.07, 6.45) is 3.32. The van der Waals surface area contributed by atoms with Gasteiger partial charge < -0.3 is 20.1 Å². The molecule has 2 bridgehead atoms. The van der Waals surface area contributed by atoms with Gasteiger partial charge >= 0.3 is 12.1 Å². The van der Waals surface area contributed by atoms with Crippen molar-refractivity contribution in [2.75, 3.05) is 12.0 Å². The number of carbonyl (C=O) groups excluding carboxylic acids is 3. The topological polar surface area (TPSA) is 93.7 Å². The van der Waals surface area contributed by atoms with Gasteiger partial charge in [0.2, 0.25) is 5.91 Å². The molecule has 2 aliphatic rings. The smallest absolute Gasteiger partial charge is 0.408 e. The highest BCUT2D eigenvalue weighted by Gasteiger charge is 2.44. The minimum absolute atomic E-state index is 0.0104. The number of esters is 1. The van der Waals surface area contributed by atoms with Gasteiger partial charge in [-0.05, 0) is 31.1 Å². The van der Waals surface area contributed by atoms with Gasteiger partial charge in [0.25, 0.3) is 0 Å². The monoisotopic (exact) mass is 392 g/mol. The number of carbonyl (C=O) groups is 3. The second-order valence-electron chi connectivity index (χ2n) is 6.81. The van der Waals surface area contributed by atoms with Gasteiger partial charge in [-0.1, -0.05) is 30.3 Å². The maximum atomic E-state index is 12.6. The number of rotatable bonds is 7. The van der Waals surface area contributed by atoms with Crippen molar-refractivity contribution in [2.45, 2.75) is 44.1 Å². The van der Waals surface area contributed by atoms with Crippen molar-refractivity contribution in [3.05, 3.63) is 35.9 Å². The van der Waals surface area contributed by atoms with Gasteiger partial charge in [0.1, 0.15) is 18.8 Å². The highest BCUT2D eigenvalue weighted by molar-refractivity contribution is 7.98. The second kappa shape index (κ2) is 9.12. The molecule has 0 radical (unpaired) electrons. The van der Waals surface area contributed by atoms with Crippen LogP contribution in [0, 0.1) is 5.92 Å². The Morgan fingerprint density at radius 1 is 1.30 bits per heavy atom. The first-order chi connectivity index (χ1) is 13.1. The minimum atomic E-state index is -0.724. The highest BCUT2D eigenvalue weighted by atomic mass is 32.2. The molecule has 27 heavy (non-hydrogen) atoms. The first-order valence-corrected chi connectivity index (χ1v) is 10.4. The Labute approximate surface area is 162 Å². The van der Waals surface area contributed by atoms with Crippen LogP contribution in [0.25, 0.3) is 0 Å². The molecule has 2 fully saturated rings. The van der Waals surface area contributed by atoms with Crippen molar-refractivity contribution in [3.8, 4) is 0 Å². The molecule has 1 saturated carbocycles. The first-order valence-electron chi connectivity index (χ1n) is 9.04. The van der Waals surface area contributed by atoms with Crippen LogP contribution in [-0.2, 0) is 25.7 Å². The molecule has 1 unspecified atom stereocenters. The van der Waals surface area contributed by atoms with Crippen LogP contribution in [0.3, 0.4) is 0 Å². The van der Waals surface area contributed by atoms with E-state index in [2.05, 4.69) is 10.6 Å². The summed E-state index contributed by atoms with van der Waals surface area (Å²) in [6.45, 7) is 0.137. The van der Waals surface area contributed by atoms with Crippen molar-refractivity contribution in [1.29, 1.82) is 0 Å². The van der Waals surface area contributed by atoms with Gasteiger partial charge in [0.15, 0.2) is 0 Å². The van der Waals surface area contributed by atoms with E-state index in [0.717, 1.165) is 12.0 Å². The average Bonchev–Trinajstić information content (AvgIpc) is 2.97. The third kappa shape index (κ3) is 5.15. The lowest BCUT2D eigenvalue weighted by molar-refractivity contribution is -0.143. The van der Waals surface area contributed by atoms with Crippen LogP contribution in [0.15, 0.2) is 30.3 Å². The predicted octanol–water partition coefficient (Wildman–Crippen LogP) is 1.85. The number of thioether (sulfide) groups is 1. The fraction of sp³-hybridized carbons (Fsp3) is 0.526. The van der Waals surface area contributed by atoms with Crippen molar-refractivity contribution in [2.24, 2.45) is 5.92 Å². The molecule has 2 amide bonds. The maximum absolute atomic E-state index is 12.6. The molecule has 8 heteroatoms. The largest absolute Gasteiger partial charge is 0.462 e. The molecule has 1 saturated heterocycles. The Balaban J connectivity index is 1.52. The van der Waals surface area contributed by atoms with Gasteiger partial charge in [-0.15, -0.1) is 0 Å². The van der Waals surface area contributed by atoms with Crippen LogP contribution in [0.2, 0.25) is 0 Å². The quantitative estimate of drug-likeness (QED) is 0.688. The van der Waals surface area contributed by atoms with Crippen molar-refractivity contribution in [1.82, 2.24) is 10.6 Å². The fourth-order valence-electron chi connectivity index (χ4n) is 3.46. The van der Waals surface area contributed by atoms with Crippen LogP contribution in [0.4, 0.5) is 4.79 Å². The average molecular weight is 392 g/mol. The van der Waals surface area contributed by atoms with Gasteiger partial charge in [0, 0.05) is 11.8 Å². The molecule has 0 aromatic heterocycles. The number of hydrogen-bond acceptors (Lipinski definition) is 6. The number of nitrogens with one attached hydrogen (secondary N) is 2. The minimum Gasteiger partial charge on any atom is -0.462 e. The van der Waals surface area contributed by atoms with Crippen molar-refractivity contribution in [3.63, 3.8) is 0 Å². The summed E-state index contributed by atoms with van der Waals surface area (Å²) in [6, 6.07) is 8.36. The summed E-state index contributed by atoms with van der Waals surface area (Å²) < 4.78 is 10.5. The van der Waals surface area contributed by atoms with Crippen LogP contribution >= 0.6 is 11.8 Å². The number of hydrogen-bond donors (Lipinski definition) is 2. The lowest BCUT2D eigenvalue weighted by Gasteiger charge is -2.27. The van der Waals surface area contributed by atoms with Crippen LogP contribution in [0.5, 0.6) is 0 Å². The molecule has 146 valence electrons. The molecule has 1 aromatic rings. The molecular formula is C19H24N2O5S. The molecule has 1 aliphatic heterocycles. The fourth-order valence-corrected chi connectivity index (χ4v) is 4.03. The molecule has 4 atom stereocenters. The Hall–Kier alpha value is -2.22. The predicted molar refractivity (Wildman–Crippen MR) is 101 cm³/mol. The van der Waals surface area contributed by atoms with Gasteiger partial charge in [0.05, 0.1) is 5.92 Å². The van der Waals surface area contributed by atoms with Crippen LogP contribution < -0.4 is 10.6 Å². The van der Waals surface area contributed by atoms with E-state index in [0.29, 0.717) is 18.6 Å². The van der Waals surface area contributed by atoms with Gasteiger partial charge in [-0.2, -0.15) is 11.8 Å². The Morgan fingerprint density at radius 3 is 2.81 bits per heavy atom. The number of ether oxygens (including phenoxy) is 2. The summed E-state index contributed by atoms with van der Waals surface area (Å²) in [5, 5.41) is 5.54. The molecule has 1 aromatic carbocycles. The summed E-state index contributed by atoms with van der Waals surface area (Å²) in [5.41, 5.74) is 0.870. The van der Waals surface area contributed by atoms with E-state index in [1.165, 1.54) is 11.8 Å². The lowest BCUT2D eigenvalue weighted by atomic mass is 9.85. The normalized spacial score (nSPS) is 24.6. The Bertz CT molecular complexity index is 684. The molecule has 3 rings (SSSR count). The first kappa shape index (κ1) is 19.5. The van der Waals surface area contributed by atoms with E-state index in [1.54, 1.807) is 0 Å². The molecule has 1 heterocycles. The van der Waals surface area contributed by atoms with E-state index in [-0.39, 0.29) is 36.5 Å². The van der Waals surface area contributed by atoms with Crippen LogP contribution in [-0.4, -0.2) is 48.2 Å². The van der Waals surface area contributed by atoms with E-state index >= 15 is 0 Å². The van der Waals surface area contributed by atoms with Crippen molar-refractivity contribution >= 4 is 29.7 Å². The van der Waals surface area contributed by atoms with Crippen molar-refractivity contribution < 1.29 is 23.9 Å². The number of benzene rings is 1. The highest BCUT2D eigenvalue weighted by Crippen LogP contribution is 2.34. The summed E-state index contributed by atoms with van der Waals surface area (Å²) in [5.74, 6) is -0.409. The summed E-state index contributed by atoms with van der Waals surface area (Å²) in [7, 11) is 0. The Morgan fingerprint density at radius 2 is 2.07 bits per heavy atom.